The Morgan fingerprint density at radius 2 is 2.15 bits per heavy atom. The number of fused-ring (bicyclic) bond motifs is 1. The molecule has 0 aliphatic rings. The van der Waals surface area contributed by atoms with Crippen molar-refractivity contribution in [3.05, 3.63) is 20.4 Å². The Bertz CT molecular complexity index is 694. The smallest absolute Gasteiger partial charge is 0.197 e. The Morgan fingerprint density at radius 1 is 1.45 bits per heavy atom. The van der Waals surface area contributed by atoms with E-state index in [0.717, 1.165) is 38.2 Å². The third-order valence-electron chi connectivity index (χ3n) is 3.05. The van der Waals surface area contributed by atoms with Gasteiger partial charge in [-0.2, -0.15) is 0 Å². The van der Waals surface area contributed by atoms with E-state index >= 15 is 0 Å². The van der Waals surface area contributed by atoms with Gasteiger partial charge in [0.25, 0.3) is 0 Å². The topological polar surface area (TPSA) is 19.6 Å². The van der Waals surface area contributed by atoms with Crippen molar-refractivity contribution in [2.24, 2.45) is 0 Å². The first-order valence-corrected chi connectivity index (χ1v) is 9.83. The molecule has 0 radical (unpaired) electrons. The van der Waals surface area contributed by atoms with Crippen LogP contribution >= 0.6 is 50.2 Å². The fraction of sp³-hybridized carbons (Fsp3) is 0.385. The van der Waals surface area contributed by atoms with E-state index in [4.69, 9.17) is 16.6 Å². The van der Waals surface area contributed by atoms with E-state index < -0.39 is 0 Å². The molecule has 110 valence electrons. The highest BCUT2D eigenvalue weighted by Gasteiger charge is 2.11. The lowest BCUT2D eigenvalue weighted by Gasteiger charge is -2.22. The number of thiophene rings is 1. The molecule has 1 unspecified atom stereocenters. The first-order valence-electron chi connectivity index (χ1n) is 5.99. The summed E-state index contributed by atoms with van der Waals surface area (Å²) in [5.41, 5.74) is 0.838. The molecule has 2 heterocycles. The molecular formula is C13H17BrN2OS3. The van der Waals surface area contributed by atoms with Crippen LogP contribution in [0.5, 0.6) is 0 Å². The van der Waals surface area contributed by atoms with Gasteiger partial charge in [0.1, 0.15) is 0 Å². The summed E-state index contributed by atoms with van der Waals surface area (Å²) in [6.45, 7) is 1.81. The standard InChI is InChI=1S/C13H17BrN2OS3/c1-15(5-6-16(2)20(3)4)11-7-10(18)13-12(17-11)9(14)8-19-13/h7-8H,3,5-6H2,1-2,4H3. The van der Waals surface area contributed by atoms with Crippen molar-refractivity contribution >= 4 is 72.2 Å². The Balaban J connectivity index is 2.22. The van der Waals surface area contributed by atoms with Crippen LogP contribution in [0.2, 0.25) is 0 Å². The zero-order valence-corrected chi connectivity index (χ0v) is 15.7. The lowest BCUT2D eigenvalue weighted by Crippen LogP contribution is -2.27. The largest absolute Gasteiger partial charge is 0.438 e. The van der Waals surface area contributed by atoms with E-state index in [1.54, 1.807) is 11.3 Å². The summed E-state index contributed by atoms with van der Waals surface area (Å²) in [7, 11) is 4.14. The third-order valence-corrected chi connectivity index (χ3v) is 6.63. The molecule has 0 aliphatic heterocycles. The number of hydrogen-bond acceptors (Lipinski definition) is 5. The minimum atomic E-state index is 0.0426. The zero-order chi connectivity index (χ0) is 14.9. The third kappa shape index (κ3) is 3.51. The molecule has 0 spiro atoms. The highest BCUT2D eigenvalue weighted by molar-refractivity contribution is 9.10. The first-order chi connectivity index (χ1) is 9.40. The highest BCUT2D eigenvalue weighted by atomic mass is 79.9. The number of halogens is 1. The number of nitrogens with zero attached hydrogens (tertiary/aromatic N) is 2. The number of hydrogen-bond donors (Lipinski definition) is 0. The van der Waals surface area contributed by atoms with Crippen LogP contribution < -0.4 is 4.90 Å². The van der Waals surface area contributed by atoms with E-state index in [-0.39, 0.29) is 10.7 Å². The van der Waals surface area contributed by atoms with Gasteiger partial charge in [0.15, 0.2) is 11.5 Å². The van der Waals surface area contributed by atoms with Gasteiger partial charge in [0.05, 0.1) is 13.7 Å². The molecule has 0 amide bonds. The highest BCUT2D eigenvalue weighted by Crippen LogP contribution is 2.34. The normalized spacial score (nSPS) is 13.1. The van der Waals surface area contributed by atoms with Crippen LogP contribution in [0, 0.1) is 4.51 Å². The van der Waals surface area contributed by atoms with Crippen molar-refractivity contribution in [3.63, 3.8) is 0 Å². The van der Waals surface area contributed by atoms with Crippen LogP contribution in [0.1, 0.15) is 0 Å². The summed E-state index contributed by atoms with van der Waals surface area (Å²) >= 11 is 10.5. The monoisotopic (exact) mass is 392 g/mol. The minimum absolute atomic E-state index is 0.0426. The lowest BCUT2D eigenvalue weighted by atomic mass is 10.4. The predicted molar refractivity (Wildman–Crippen MR) is 99.2 cm³/mol. The summed E-state index contributed by atoms with van der Waals surface area (Å²) in [5.74, 6) is 4.84. The SMILES string of the molecule is C=S(C)N(C)CCN(C)c1cc(=S)c2scc(Br)c2o1. The van der Waals surface area contributed by atoms with Gasteiger partial charge in [-0.25, -0.2) is 0 Å². The van der Waals surface area contributed by atoms with Gasteiger partial charge in [-0.05, 0) is 29.2 Å². The van der Waals surface area contributed by atoms with E-state index in [0.29, 0.717) is 0 Å². The van der Waals surface area contributed by atoms with Crippen molar-refractivity contribution < 1.29 is 4.42 Å². The maximum absolute atomic E-state index is 5.96. The molecule has 0 aliphatic carbocycles. The maximum atomic E-state index is 5.96. The molecular weight excluding hydrogens is 376 g/mol. The molecule has 1 atom stereocenters. The molecule has 0 saturated heterocycles. The zero-order valence-electron chi connectivity index (χ0n) is 11.7. The van der Waals surface area contributed by atoms with Crippen LogP contribution in [0.4, 0.5) is 5.88 Å². The van der Waals surface area contributed by atoms with E-state index in [1.807, 2.05) is 18.5 Å². The van der Waals surface area contributed by atoms with Crippen molar-refractivity contribution in [2.75, 3.05) is 38.3 Å². The molecule has 20 heavy (non-hydrogen) atoms. The number of anilines is 1. The maximum Gasteiger partial charge on any atom is 0.197 e. The Kier molecular flexibility index (Phi) is 5.42. The summed E-state index contributed by atoms with van der Waals surface area (Å²) in [5, 5.41) is 2.01. The number of likely N-dealkylation sites (N-methyl/N-ethyl adjacent to an activating group) is 2. The summed E-state index contributed by atoms with van der Waals surface area (Å²) < 4.78 is 11.0. The van der Waals surface area contributed by atoms with Crippen molar-refractivity contribution in [3.8, 4) is 0 Å². The summed E-state index contributed by atoms with van der Waals surface area (Å²) in [6.07, 6.45) is 2.11. The second-order valence-corrected chi connectivity index (χ2v) is 8.56. The van der Waals surface area contributed by atoms with Crippen molar-refractivity contribution in [1.82, 2.24) is 4.31 Å². The Labute approximate surface area is 139 Å². The van der Waals surface area contributed by atoms with E-state index in [1.165, 1.54) is 0 Å². The van der Waals surface area contributed by atoms with Gasteiger partial charge < -0.3 is 9.32 Å². The van der Waals surface area contributed by atoms with Crippen LogP contribution in [-0.4, -0.2) is 43.6 Å². The van der Waals surface area contributed by atoms with Gasteiger partial charge in [0, 0.05) is 31.6 Å². The van der Waals surface area contributed by atoms with Gasteiger partial charge in [0.2, 0.25) is 0 Å². The average Bonchev–Trinajstić information content (AvgIpc) is 2.77. The second kappa shape index (κ2) is 6.70. The second-order valence-electron chi connectivity index (χ2n) is 4.56. The van der Waals surface area contributed by atoms with Crippen LogP contribution in [0.25, 0.3) is 10.3 Å². The molecule has 3 nitrogen and oxygen atoms in total. The molecule has 7 heteroatoms. The van der Waals surface area contributed by atoms with Crippen LogP contribution in [0.15, 0.2) is 20.3 Å². The summed E-state index contributed by atoms with van der Waals surface area (Å²) in [6, 6.07) is 1.93. The Hall–Kier alpha value is -0.210. The Morgan fingerprint density at radius 3 is 2.80 bits per heavy atom. The average molecular weight is 393 g/mol. The molecule has 0 bridgehead atoms. The van der Waals surface area contributed by atoms with Crippen molar-refractivity contribution in [1.29, 1.82) is 0 Å². The fourth-order valence-corrected chi connectivity index (χ4v) is 3.83. The van der Waals surface area contributed by atoms with Crippen LogP contribution in [-0.2, 0) is 0 Å². The van der Waals surface area contributed by atoms with Crippen LogP contribution in [0.3, 0.4) is 0 Å². The molecule has 0 saturated carbocycles. The molecule has 2 aromatic rings. The summed E-state index contributed by atoms with van der Waals surface area (Å²) in [4.78, 5) is 2.09. The van der Waals surface area contributed by atoms with Crippen molar-refractivity contribution in [2.45, 2.75) is 0 Å². The van der Waals surface area contributed by atoms with Gasteiger partial charge in [-0.1, -0.05) is 18.1 Å². The van der Waals surface area contributed by atoms with E-state index in [9.17, 15) is 0 Å². The van der Waals surface area contributed by atoms with Gasteiger partial charge in [-0.15, -0.1) is 22.0 Å². The molecule has 0 N–H and O–H groups in total. The van der Waals surface area contributed by atoms with Gasteiger partial charge >= 0.3 is 0 Å². The fourth-order valence-electron chi connectivity index (χ4n) is 1.65. The lowest BCUT2D eigenvalue weighted by molar-refractivity contribution is 0.537. The first kappa shape index (κ1) is 16.2. The van der Waals surface area contributed by atoms with E-state index in [2.05, 4.69) is 44.3 Å². The molecule has 2 aromatic heterocycles. The minimum Gasteiger partial charge on any atom is -0.438 e. The van der Waals surface area contributed by atoms with Gasteiger partial charge in [-0.3, -0.25) is 4.31 Å². The molecule has 0 aromatic carbocycles. The number of rotatable bonds is 5. The quantitative estimate of drug-likeness (QED) is 0.692. The molecule has 0 fully saturated rings. The predicted octanol–water partition coefficient (Wildman–Crippen LogP) is 4.60. The molecule has 2 rings (SSSR count).